The van der Waals surface area contributed by atoms with E-state index in [0.717, 1.165) is 5.56 Å². The lowest BCUT2D eigenvalue weighted by Crippen LogP contribution is -2.66. The molecule has 2 atom stereocenters. The number of carbonyl (C=O) groups is 2. The topological polar surface area (TPSA) is 67.7 Å². The third kappa shape index (κ3) is 3.24. The zero-order valence-corrected chi connectivity index (χ0v) is 15.9. The molecule has 1 aromatic rings. The van der Waals surface area contributed by atoms with Gasteiger partial charge in [-0.05, 0) is 27.2 Å². The van der Waals surface area contributed by atoms with Crippen LogP contribution in [0.4, 0.5) is 4.79 Å². The van der Waals surface area contributed by atoms with Crippen molar-refractivity contribution in [1.82, 2.24) is 19.6 Å². The van der Waals surface area contributed by atoms with E-state index in [9.17, 15) is 9.59 Å². The molecule has 3 heterocycles. The van der Waals surface area contributed by atoms with Gasteiger partial charge in [-0.25, -0.2) is 4.79 Å². The molecule has 7 heteroatoms. The molecule has 2 aliphatic rings. The highest BCUT2D eigenvalue weighted by atomic mass is 16.6. The number of ether oxygens (including phenoxy) is 1. The lowest BCUT2D eigenvalue weighted by Gasteiger charge is -2.56. The maximum absolute atomic E-state index is 13.0. The molecule has 3 rings (SSSR count). The fourth-order valence-electron chi connectivity index (χ4n) is 3.72. The summed E-state index contributed by atoms with van der Waals surface area (Å²) in [5.41, 5.74) is 0.478. The minimum absolute atomic E-state index is 0.000805. The first-order chi connectivity index (χ1) is 11.5. The summed E-state index contributed by atoms with van der Waals surface area (Å²) in [5, 5.41) is 4.24. The summed E-state index contributed by atoms with van der Waals surface area (Å²) < 4.78 is 7.16. The summed E-state index contributed by atoms with van der Waals surface area (Å²) in [7, 11) is 1.87. The van der Waals surface area contributed by atoms with Gasteiger partial charge in [0.2, 0.25) is 5.91 Å². The Morgan fingerprint density at radius 3 is 2.40 bits per heavy atom. The second-order valence-corrected chi connectivity index (χ2v) is 8.78. The Kier molecular flexibility index (Phi) is 4.08. The smallest absolute Gasteiger partial charge is 0.410 e. The van der Waals surface area contributed by atoms with Crippen molar-refractivity contribution in [3.63, 3.8) is 0 Å². The maximum atomic E-state index is 13.0. The summed E-state index contributed by atoms with van der Waals surface area (Å²) in [6.45, 7) is 11.1. The molecule has 0 radical (unpaired) electrons. The minimum atomic E-state index is -0.558. The second-order valence-electron chi connectivity index (χ2n) is 8.78. The first-order valence-electron chi connectivity index (χ1n) is 8.78. The zero-order valence-electron chi connectivity index (χ0n) is 15.9. The molecule has 138 valence electrons. The Bertz CT molecular complexity index is 689. The van der Waals surface area contributed by atoms with Crippen molar-refractivity contribution in [2.24, 2.45) is 12.5 Å². The van der Waals surface area contributed by atoms with Crippen LogP contribution in [-0.4, -0.2) is 56.3 Å². The van der Waals surface area contributed by atoms with Crippen LogP contribution in [-0.2, 0) is 16.6 Å². The summed E-state index contributed by atoms with van der Waals surface area (Å²) >= 11 is 0. The first kappa shape index (κ1) is 17.8. The summed E-state index contributed by atoms with van der Waals surface area (Å²) in [5.74, 6) is 0.00490. The lowest BCUT2D eigenvalue weighted by molar-refractivity contribution is -0.162. The van der Waals surface area contributed by atoms with Gasteiger partial charge in [-0.15, -0.1) is 0 Å². The third-order valence-electron chi connectivity index (χ3n) is 4.89. The molecule has 0 bridgehead atoms. The number of aromatic nitrogens is 2. The van der Waals surface area contributed by atoms with Gasteiger partial charge in [0, 0.05) is 37.3 Å². The van der Waals surface area contributed by atoms with E-state index in [2.05, 4.69) is 18.9 Å². The van der Waals surface area contributed by atoms with Crippen LogP contribution in [0.15, 0.2) is 12.4 Å². The molecular formula is C18H28N4O3. The van der Waals surface area contributed by atoms with Crippen LogP contribution in [0.25, 0.3) is 0 Å². The van der Waals surface area contributed by atoms with Gasteiger partial charge in [-0.1, -0.05) is 13.8 Å². The minimum Gasteiger partial charge on any atom is -0.444 e. The van der Waals surface area contributed by atoms with Gasteiger partial charge < -0.3 is 9.64 Å². The standard InChI is InChI=1S/C18H28N4O3/c1-17(2,3)25-16(24)21-8-7-13(21)15(23)22-11-18(4,5)14(22)12-9-19-20(6)10-12/h9-10,13-14H,7-8,11H2,1-6H3/t13-,14+/m1/s1. The Hall–Kier alpha value is -2.05. The number of nitrogens with zero attached hydrogens (tertiary/aromatic N) is 4. The summed E-state index contributed by atoms with van der Waals surface area (Å²) in [6.07, 6.45) is 4.06. The number of likely N-dealkylation sites (tertiary alicyclic amines) is 2. The molecular weight excluding hydrogens is 320 g/mol. The summed E-state index contributed by atoms with van der Waals surface area (Å²) in [6, 6.07) is -0.417. The highest BCUT2D eigenvalue weighted by Gasteiger charge is 2.53. The van der Waals surface area contributed by atoms with Gasteiger partial charge in [0.15, 0.2) is 0 Å². The zero-order chi connectivity index (χ0) is 18.6. The van der Waals surface area contributed by atoms with Crippen LogP contribution in [0.5, 0.6) is 0 Å². The molecule has 0 spiro atoms. The van der Waals surface area contributed by atoms with Crippen molar-refractivity contribution in [3.05, 3.63) is 18.0 Å². The van der Waals surface area contributed by atoms with Crippen molar-refractivity contribution in [3.8, 4) is 0 Å². The van der Waals surface area contributed by atoms with Gasteiger partial charge >= 0.3 is 6.09 Å². The second kappa shape index (κ2) is 5.75. The average molecular weight is 348 g/mol. The van der Waals surface area contributed by atoms with E-state index < -0.39 is 17.7 Å². The normalized spacial score (nSPS) is 25.2. The van der Waals surface area contributed by atoms with Crippen LogP contribution in [0.2, 0.25) is 0 Å². The van der Waals surface area contributed by atoms with Gasteiger partial charge in [-0.3, -0.25) is 14.4 Å². The fraction of sp³-hybridized carbons (Fsp3) is 0.722. The van der Waals surface area contributed by atoms with Crippen LogP contribution >= 0.6 is 0 Å². The van der Waals surface area contributed by atoms with E-state index in [1.54, 1.807) is 9.58 Å². The van der Waals surface area contributed by atoms with Crippen LogP contribution < -0.4 is 0 Å². The van der Waals surface area contributed by atoms with Gasteiger partial charge in [-0.2, -0.15) is 5.10 Å². The van der Waals surface area contributed by atoms with Crippen LogP contribution in [0.1, 0.15) is 52.6 Å². The van der Waals surface area contributed by atoms with E-state index in [-0.39, 0.29) is 17.4 Å². The van der Waals surface area contributed by atoms with E-state index in [1.165, 1.54) is 0 Å². The Morgan fingerprint density at radius 2 is 1.96 bits per heavy atom. The maximum Gasteiger partial charge on any atom is 0.410 e. The number of amides is 2. The molecule has 1 aromatic heterocycles. The number of hydrogen-bond donors (Lipinski definition) is 0. The lowest BCUT2D eigenvalue weighted by atomic mass is 9.71. The van der Waals surface area contributed by atoms with Crippen molar-refractivity contribution in [2.45, 2.75) is 58.7 Å². The van der Waals surface area contributed by atoms with E-state index in [0.29, 0.717) is 19.5 Å². The third-order valence-corrected chi connectivity index (χ3v) is 4.89. The Morgan fingerprint density at radius 1 is 1.28 bits per heavy atom. The highest BCUT2D eigenvalue weighted by molar-refractivity contribution is 5.88. The predicted molar refractivity (Wildman–Crippen MR) is 92.8 cm³/mol. The molecule has 2 fully saturated rings. The molecule has 0 aromatic carbocycles. The number of hydrogen-bond acceptors (Lipinski definition) is 4. The van der Waals surface area contributed by atoms with Gasteiger partial charge in [0.05, 0.1) is 12.2 Å². The molecule has 25 heavy (non-hydrogen) atoms. The van der Waals surface area contributed by atoms with E-state index in [1.807, 2.05) is 45.1 Å². The van der Waals surface area contributed by atoms with E-state index in [4.69, 9.17) is 4.74 Å². The van der Waals surface area contributed by atoms with Crippen molar-refractivity contribution >= 4 is 12.0 Å². The molecule has 0 N–H and O–H groups in total. The van der Waals surface area contributed by atoms with Gasteiger partial charge in [0.25, 0.3) is 0 Å². The molecule has 0 unspecified atom stereocenters. The first-order valence-corrected chi connectivity index (χ1v) is 8.78. The Labute approximate surface area is 148 Å². The molecule has 0 saturated carbocycles. The summed E-state index contributed by atoms with van der Waals surface area (Å²) in [4.78, 5) is 28.7. The largest absolute Gasteiger partial charge is 0.444 e. The van der Waals surface area contributed by atoms with Crippen LogP contribution in [0, 0.1) is 5.41 Å². The Balaban J connectivity index is 1.71. The van der Waals surface area contributed by atoms with Crippen molar-refractivity contribution < 1.29 is 14.3 Å². The fourth-order valence-corrected chi connectivity index (χ4v) is 3.72. The number of carbonyl (C=O) groups excluding carboxylic acids is 2. The van der Waals surface area contributed by atoms with Crippen molar-refractivity contribution in [1.29, 1.82) is 0 Å². The number of rotatable bonds is 2. The number of aryl methyl sites for hydroxylation is 1. The molecule has 7 nitrogen and oxygen atoms in total. The van der Waals surface area contributed by atoms with E-state index >= 15 is 0 Å². The molecule has 2 saturated heterocycles. The van der Waals surface area contributed by atoms with Gasteiger partial charge in [0.1, 0.15) is 11.6 Å². The molecule has 0 aliphatic carbocycles. The molecule has 2 aliphatic heterocycles. The van der Waals surface area contributed by atoms with Crippen molar-refractivity contribution in [2.75, 3.05) is 13.1 Å². The average Bonchev–Trinajstić information content (AvgIpc) is 2.78. The monoisotopic (exact) mass is 348 g/mol. The SMILES string of the molecule is Cn1cc([C@@H]2N(C(=O)[C@H]3CCN3C(=O)OC(C)(C)C)CC2(C)C)cn1. The predicted octanol–water partition coefficient (Wildman–Crippen LogP) is 2.34. The highest BCUT2D eigenvalue weighted by Crippen LogP contribution is 2.49. The van der Waals surface area contributed by atoms with Crippen LogP contribution in [0.3, 0.4) is 0 Å². The quantitative estimate of drug-likeness (QED) is 0.823. The molecule has 2 amide bonds.